The first-order valence-corrected chi connectivity index (χ1v) is 28.4. The standard InChI is InChI=1S/C73H71F3O4/c1-42(2)68(77)79-40-44(5)14-12-32-72(33-13-15-53(73(74,75)76)41-80-69(78)43(3)4)62-38-47(56-26-20-45-16-18-49-34-54(70(6,7)8)36-51-24-30-60(56)66(45)64(49)51)22-28-58(62)59-29-23-48(39-63(59)72)57-27-21-46-17-19-50-35-55(71(9,10)11)37-52-25-31-61(57)67(46)65(50)52/h16-31,34-39,44,53H,1,3,12-15,32-33,40-41H2,2,4-11H3. The van der Waals surface area contributed by atoms with E-state index in [1.54, 1.807) is 6.92 Å². The third-order valence-corrected chi connectivity index (χ3v) is 17.4. The van der Waals surface area contributed by atoms with Gasteiger partial charge in [0.1, 0.15) is 6.61 Å². The van der Waals surface area contributed by atoms with Crippen LogP contribution < -0.4 is 0 Å². The van der Waals surface area contributed by atoms with Crippen molar-refractivity contribution in [3.8, 4) is 33.4 Å². The van der Waals surface area contributed by atoms with Crippen molar-refractivity contribution in [2.75, 3.05) is 13.2 Å². The van der Waals surface area contributed by atoms with Gasteiger partial charge in [0, 0.05) is 16.6 Å². The van der Waals surface area contributed by atoms with Gasteiger partial charge in [0.15, 0.2) is 0 Å². The molecule has 0 saturated carbocycles. The zero-order valence-electron chi connectivity index (χ0n) is 47.7. The molecule has 10 aromatic rings. The quantitative estimate of drug-likeness (QED) is 0.0550. The maximum absolute atomic E-state index is 15.0. The minimum absolute atomic E-state index is 0.0133. The number of benzene rings is 10. The number of halogens is 3. The zero-order valence-corrected chi connectivity index (χ0v) is 47.7. The molecule has 80 heavy (non-hydrogen) atoms. The number of carbonyl (C=O) groups is 2. The largest absolute Gasteiger partial charge is 0.462 e. The lowest BCUT2D eigenvalue weighted by Gasteiger charge is -2.34. The molecule has 1 aliphatic rings. The molecule has 0 fully saturated rings. The molecule has 0 spiro atoms. The predicted molar refractivity (Wildman–Crippen MR) is 326 cm³/mol. The molecule has 408 valence electrons. The highest BCUT2D eigenvalue weighted by Gasteiger charge is 2.45. The van der Waals surface area contributed by atoms with E-state index in [4.69, 9.17) is 9.47 Å². The van der Waals surface area contributed by atoms with Gasteiger partial charge in [0.05, 0.1) is 12.5 Å². The number of esters is 2. The van der Waals surface area contributed by atoms with Gasteiger partial charge in [-0.3, -0.25) is 0 Å². The smallest absolute Gasteiger partial charge is 0.395 e. The fourth-order valence-corrected chi connectivity index (χ4v) is 13.0. The van der Waals surface area contributed by atoms with Gasteiger partial charge in [-0.25, -0.2) is 9.59 Å². The van der Waals surface area contributed by atoms with Crippen molar-refractivity contribution >= 4 is 76.6 Å². The number of rotatable bonds is 16. The van der Waals surface area contributed by atoms with Crippen LogP contribution in [0.5, 0.6) is 0 Å². The monoisotopic (exact) mass is 1070 g/mol. The molecule has 10 aromatic carbocycles. The summed E-state index contributed by atoms with van der Waals surface area (Å²) in [4.78, 5) is 25.1. The van der Waals surface area contributed by atoms with Crippen LogP contribution in [0, 0.1) is 11.8 Å². The van der Waals surface area contributed by atoms with Crippen molar-refractivity contribution in [2.45, 2.75) is 123 Å². The molecule has 7 heteroatoms. The molecule has 11 rings (SSSR count). The molecule has 2 atom stereocenters. The van der Waals surface area contributed by atoms with E-state index in [9.17, 15) is 9.59 Å². The highest BCUT2D eigenvalue weighted by atomic mass is 19.4. The normalized spacial score (nSPS) is 14.3. The lowest BCUT2D eigenvalue weighted by atomic mass is 9.69. The van der Waals surface area contributed by atoms with Crippen LogP contribution >= 0.6 is 0 Å². The number of hydrogen-bond donors (Lipinski definition) is 0. The summed E-state index contributed by atoms with van der Waals surface area (Å²) in [5, 5.41) is 14.3. The third-order valence-electron chi connectivity index (χ3n) is 17.4. The van der Waals surface area contributed by atoms with Crippen molar-refractivity contribution in [1.29, 1.82) is 0 Å². The summed E-state index contributed by atoms with van der Waals surface area (Å²) in [6.45, 7) is 25.5. The second-order valence-electron chi connectivity index (χ2n) is 25.4. The minimum atomic E-state index is -4.60. The molecule has 1 aliphatic carbocycles. The summed E-state index contributed by atoms with van der Waals surface area (Å²) in [6.07, 6.45) is -2.16. The number of fused-ring (bicyclic) bond motifs is 3. The van der Waals surface area contributed by atoms with Gasteiger partial charge < -0.3 is 9.47 Å². The Morgan fingerprint density at radius 1 is 0.487 bits per heavy atom. The lowest BCUT2D eigenvalue weighted by Crippen LogP contribution is -2.30. The summed E-state index contributed by atoms with van der Waals surface area (Å²) >= 11 is 0. The Hall–Kier alpha value is -7.51. The summed E-state index contributed by atoms with van der Waals surface area (Å²) in [5.41, 5.74) is 10.7. The van der Waals surface area contributed by atoms with Crippen LogP contribution in [0.25, 0.3) is 98.0 Å². The Balaban J connectivity index is 1.08. The first-order valence-electron chi connectivity index (χ1n) is 28.4. The molecule has 0 heterocycles. The highest BCUT2D eigenvalue weighted by molar-refractivity contribution is 6.27. The molecule has 0 aromatic heterocycles. The first-order chi connectivity index (χ1) is 37.9. The predicted octanol–water partition coefficient (Wildman–Crippen LogP) is 20.1. The summed E-state index contributed by atoms with van der Waals surface area (Å²) in [6, 6.07) is 49.7. The van der Waals surface area contributed by atoms with E-state index in [2.05, 4.69) is 195 Å². The van der Waals surface area contributed by atoms with Crippen molar-refractivity contribution in [3.63, 3.8) is 0 Å². The Morgan fingerprint density at radius 2 is 0.863 bits per heavy atom. The van der Waals surface area contributed by atoms with Gasteiger partial charge in [-0.15, -0.1) is 0 Å². The molecule has 0 saturated heterocycles. The molecular weight excluding hydrogens is 998 g/mol. The fourth-order valence-electron chi connectivity index (χ4n) is 13.0. The molecule has 4 nitrogen and oxygen atoms in total. The SMILES string of the molecule is C=C(C)C(=O)OCC(C)CCCC1(CCCC(COC(=O)C(=C)C)C(F)(F)F)c2cc(-c3ccc4ccc5cc(C(C)(C)C)cc6ccc3c4c56)ccc2-c2ccc(-c3ccc4ccc5cc(C(C)(C)C)cc6ccc3c4c56)cc21. The van der Waals surface area contributed by atoms with E-state index in [1.807, 2.05) is 0 Å². The average Bonchev–Trinajstić information content (AvgIpc) is 3.80. The summed E-state index contributed by atoms with van der Waals surface area (Å²) in [7, 11) is 0. The Morgan fingerprint density at radius 3 is 1.27 bits per heavy atom. The number of hydrogen-bond acceptors (Lipinski definition) is 4. The zero-order chi connectivity index (χ0) is 56.8. The molecule has 0 bridgehead atoms. The van der Waals surface area contributed by atoms with E-state index in [0.717, 1.165) is 61.7 Å². The molecular formula is C73H71F3O4. The molecule has 2 unspecified atom stereocenters. The van der Waals surface area contributed by atoms with Crippen molar-refractivity contribution in [3.05, 3.63) is 180 Å². The first kappa shape index (κ1) is 54.4. The lowest BCUT2D eigenvalue weighted by molar-refractivity contribution is -0.191. The highest BCUT2D eigenvalue weighted by Crippen LogP contribution is 2.57. The maximum Gasteiger partial charge on any atom is 0.395 e. The summed E-state index contributed by atoms with van der Waals surface area (Å²) in [5.74, 6) is -3.11. The van der Waals surface area contributed by atoms with Gasteiger partial charge in [0.25, 0.3) is 0 Å². The molecule has 0 N–H and O–H groups in total. The third kappa shape index (κ3) is 9.79. The topological polar surface area (TPSA) is 52.6 Å². The fraction of sp³-hybridized carbons (Fsp3) is 0.315. The van der Waals surface area contributed by atoms with Crippen LogP contribution in [-0.2, 0) is 35.3 Å². The van der Waals surface area contributed by atoms with E-state index in [-0.39, 0.29) is 41.8 Å². The van der Waals surface area contributed by atoms with Crippen LogP contribution in [0.15, 0.2) is 158 Å². The van der Waals surface area contributed by atoms with Crippen molar-refractivity contribution < 1.29 is 32.2 Å². The minimum Gasteiger partial charge on any atom is -0.462 e. The van der Waals surface area contributed by atoms with E-state index in [1.165, 1.54) is 71.9 Å². The van der Waals surface area contributed by atoms with Crippen LogP contribution in [0.4, 0.5) is 13.2 Å². The van der Waals surface area contributed by atoms with Crippen LogP contribution in [0.2, 0.25) is 0 Å². The second kappa shape index (κ2) is 20.2. The van der Waals surface area contributed by atoms with Crippen molar-refractivity contribution in [1.82, 2.24) is 0 Å². The molecule has 0 radical (unpaired) electrons. The van der Waals surface area contributed by atoms with Gasteiger partial charge >= 0.3 is 18.1 Å². The maximum atomic E-state index is 15.0. The van der Waals surface area contributed by atoms with Crippen LogP contribution in [0.3, 0.4) is 0 Å². The number of alkyl halides is 3. The van der Waals surface area contributed by atoms with E-state index in [0.29, 0.717) is 24.8 Å². The Bertz CT molecular complexity index is 3850. The van der Waals surface area contributed by atoms with Gasteiger partial charge in [-0.1, -0.05) is 196 Å². The van der Waals surface area contributed by atoms with Crippen LogP contribution in [0.1, 0.15) is 123 Å². The molecule has 0 aliphatic heterocycles. The van der Waals surface area contributed by atoms with Gasteiger partial charge in [0.2, 0.25) is 0 Å². The van der Waals surface area contributed by atoms with Crippen molar-refractivity contribution in [2.24, 2.45) is 11.8 Å². The molecule has 0 amide bonds. The van der Waals surface area contributed by atoms with Gasteiger partial charge in [-0.05, 0) is 189 Å². The van der Waals surface area contributed by atoms with Gasteiger partial charge in [-0.2, -0.15) is 13.2 Å². The average molecular weight is 1070 g/mol. The van der Waals surface area contributed by atoms with E-state index < -0.39 is 36.1 Å². The number of carbonyl (C=O) groups excluding carboxylic acids is 2. The summed E-state index contributed by atoms with van der Waals surface area (Å²) < 4.78 is 56.0. The Kier molecular flexibility index (Phi) is 13.8. The Labute approximate surface area is 468 Å². The van der Waals surface area contributed by atoms with Crippen LogP contribution in [-0.4, -0.2) is 31.3 Å². The van der Waals surface area contributed by atoms with E-state index >= 15 is 13.2 Å². The number of ether oxygens (including phenoxy) is 2. The second-order valence-corrected chi connectivity index (χ2v) is 25.4.